The van der Waals surface area contributed by atoms with Crippen molar-refractivity contribution in [1.82, 2.24) is 25.4 Å². The van der Waals surface area contributed by atoms with E-state index in [1.165, 1.54) is 0 Å². The van der Waals surface area contributed by atoms with Crippen LogP contribution in [0.5, 0.6) is 0 Å². The molecule has 0 aromatic heterocycles. The molecule has 4 aliphatic rings. The van der Waals surface area contributed by atoms with E-state index in [0.717, 1.165) is 31.7 Å². The van der Waals surface area contributed by atoms with Crippen molar-refractivity contribution < 1.29 is 19.1 Å². The largest absolute Gasteiger partial charge is 0.376 e. The molecule has 10 nitrogen and oxygen atoms in total. The zero-order chi connectivity index (χ0) is 25.1. The number of hydrogen-bond donors (Lipinski definition) is 2. The average Bonchev–Trinajstić information content (AvgIpc) is 3.55. The number of ether oxygens (including phenoxy) is 1. The van der Waals surface area contributed by atoms with Crippen molar-refractivity contribution in [3.63, 3.8) is 0 Å². The number of rotatable bonds is 7. The van der Waals surface area contributed by atoms with Crippen molar-refractivity contribution in [3.8, 4) is 0 Å². The first-order chi connectivity index (χ1) is 17.5. The number of anilines is 1. The lowest BCUT2D eigenvalue weighted by Crippen LogP contribution is -2.60. The third-order valence-electron chi connectivity index (χ3n) is 7.97. The number of piperidine rings is 1. The Balaban J connectivity index is 1.17. The smallest absolute Gasteiger partial charge is 0.247 e. The molecule has 36 heavy (non-hydrogen) atoms. The maximum absolute atomic E-state index is 13.7. The minimum Gasteiger partial charge on any atom is -0.376 e. The highest BCUT2D eigenvalue weighted by Gasteiger charge is 2.51. The van der Waals surface area contributed by atoms with Crippen LogP contribution in [0.2, 0.25) is 0 Å². The van der Waals surface area contributed by atoms with E-state index in [4.69, 9.17) is 4.74 Å². The minimum absolute atomic E-state index is 0.00802. The zero-order valence-electron chi connectivity index (χ0n) is 21.1. The molecule has 4 fully saturated rings. The van der Waals surface area contributed by atoms with Gasteiger partial charge in [-0.05, 0) is 31.5 Å². The fourth-order valence-electron chi connectivity index (χ4n) is 5.85. The van der Waals surface area contributed by atoms with Crippen molar-refractivity contribution in [2.75, 3.05) is 70.5 Å². The van der Waals surface area contributed by atoms with Crippen molar-refractivity contribution >= 4 is 23.4 Å². The van der Waals surface area contributed by atoms with Gasteiger partial charge in [0.15, 0.2) is 0 Å². The summed E-state index contributed by atoms with van der Waals surface area (Å²) in [6.07, 6.45) is 2.20. The predicted molar refractivity (Wildman–Crippen MR) is 135 cm³/mol. The van der Waals surface area contributed by atoms with E-state index in [1.807, 2.05) is 35.2 Å². The Morgan fingerprint density at radius 1 is 1.08 bits per heavy atom. The van der Waals surface area contributed by atoms with Gasteiger partial charge in [0, 0.05) is 52.4 Å². The molecule has 1 aromatic carbocycles. The lowest BCUT2D eigenvalue weighted by atomic mass is 9.83. The van der Waals surface area contributed by atoms with E-state index in [2.05, 4.69) is 27.5 Å². The molecule has 5 rings (SSSR count). The molecule has 4 saturated heterocycles. The molecule has 3 amide bonds. The highest BCUT2D eigenvalue weighted by Crippen LogP contribution is 2.32. The number of hydrazine groups is 1. The average molecular weight is 499 g/mol. The number of benzene rings is 1. The first-order valence-corrected chi connectivity index (χ1v) is 13.3. The van der Waals surface area contributed by atoms with Crippen LogP contribution in [0.25, 0.3) is 0 Å². The second kappa shape index (κ2) is 11.2. The molecule has 0 aliphatic carbocycles. The molecule has 196 valence electrons. The number of carbonyl (C=O) groups is 3. The van der Waals surface area contributed by atoms with Crippen LogP contribution in [0.4, 0.5) is 5.69 Å². The van der Waals surface area contributed by atoms with Crippen molar-refractivity contribution in [1.29, 1.82) is 0 Å². The summed E-state index contributed by atoms with van der Waals surface area (Å²) < 4.78 is 5.57. The summed E-state index contributed by atoms with van der Waals surface area (Å²) in [5.41, 5.74) is 4.18. The van der Waals surface area contributed by atoms with Crippen molar-refractivity contribution in [2.45, 2.75) is 31.9 Å². The lowest BCUT2D eigenvalue weighted by molar-refractivity contribution is -0.141. The molecule has 4 atom stereocenters. The van der Waals surface area contributed by atoms with Crippen LogP contribution in [0.15, 0.2) is 30.3 Å². The molecular formula is C26H38N6O4. The Morgan fingerprint density at radius 3 is 2.56 bits per heavy atom. The Kier molecular flexibility index (Phi) is 7.85. The Bertz CT molecular complexity index is 932. The SMILES string of the molecule is CCN1CC(C(=O)N2CCN(CC(=O)NCC3CCCO3)CC2)C2NN(c3ccccc3)C(=O)C2C1. The van der Waals surface area contributed by atoms with Gasteiger partial charge in [0.1, 0.15) is 0 Å². The second-order valence-electron chi connectivity index (χ2n) is 10.3. The highest BCUT2D eigenvalue weighted by atomic mass is 16.5. The minimum atomic E-state index is -0.289. The van der Waals surface area contributed by atoms with Crippen molar-refractivity contribution in [3.05, 3.63) is 30.3 Å². The number of piperazine rings is 1. The summed E-state index contributed by atoms with van der Waals surface area (Å²) in [6, 6.07) is 9.36. The molecule has 0 spiro atoms. The van der Waals surface area contributed by atoms with Gasteiger partial charge in [-0.2, -0.15) is 0 Å². The number of para-hydroxylation sites is 1. The van der Waals surface area contributed by atoms with Gasteiger partial charge < -0.3 is 19.9 Å². The third-order valence-corrected chi connectivity index (χ3v) is 7.97. The maximum Gasteiger partial charge on any atom is 0.247 e. The quantitative estimate of drug-likeness (QED) is 0.543. The highest BCUT2D eigenvalue weighted by molar-refractivity contribution is 5.98. The van der Waals surface area contributed by atoms with Gasteiger partial charge in [0.2, 0.25) is 17.7 Å². The van der Waals surface area contributed by atoms with E-state index < -0.39 is 0 Å². The molecule has 0 bridgehead atoms. The number of amides is 3. The number of carbonyl (C=O) groups excluding carboxylic acids is 3. The van der Waals surface area contributed by atoms with Gasteiger partial charge in [0.05, 0.1) is 36.2 Å². The molecule has 0 saturated carbocycles. The van der Waals surface area contributed by atoms with E-state index in [9.17, 15) is 14.4 Å². The van der Waals surface area contributed by atoms with E-state index >= 15 is 0 Å². The molecule has 4 unspecified atom stereocenters. The standard InChI is InChI=1S/C26H38N6O4/c1-2-29-16-21(24-22(17-29)26(35)32(28-24)19-7-4-3-5-8-19)25(34)31-12-10-30(11-13-31)18-23(33)27-15-20-9-6-14-36-20/h3-5,7-8,20-22,24,28H,2,6,9-18H2,1H3,(H,27,33). The maximum atomic E-state index is 13.7. The van der Waals surface area contributed by atoms with E-state index in [-0.39, 0.29) is 41.7 Å². The molecular weight excluding hydrogens is 460 g/mol. The molecule has 4 aliphatic heterocycles. The topological polar surface area (TPSA) is 97.5 Å². The van der Waals surface area contributed by atoms with Crippen LogP contribution < -0.4 is 15.8 Å². The van der Waals surface area contributed by atoms with Gasteiger partial charge in [-0.1, -0.05) is 25.1 Å². The second-order valence-corrected chi connectivity index (χ2v) is 10.3. The number of likely N-dealkylation sites (tertiary alicyclic amines) is 1. The molecule has 10 heteroatoms. The summed E-state index contributed by atoms with van der Waals surface area (Å²) in [4.78, 5) is 45.6. The van der Waals surface area contributed by atoms with Gasteiger partial charge in [-0.25, -0.2) is 10.4 Å². The van der Waals surface area contributed by atoms with E-state index in [1.54, 1.807) is 5.01 Å². The molecule has 0 radical (unpaired) electrons. The van der Waals surface area contributed by atoms with Crippen LogP contribution in [0.1, 0.15) is 19.8 Å². The monoisotopic (exact) mass is 498 g/mol. The summed E-state index contributed by atoms with van der Waals surface area (Å²) >= 11 is 0. The van der Waals surface area contributed by atoms with Crippen LogP contribution in [-0.4, -0.2) is 110 Å². The Morgan fingerprint density at radius 2 is 1.86 bits per heavy atom. The van der Waals surface area contributed by atoms with Gasteiger partial charge in [-0.3, -0.25) is 19.3 Å². The normalized spacial score (nSPS) is 29.4. The summed E-state index contributed by atoms with van der Waals surface area (Å²) in [5.74, 6) is -0.403. The number of hydrogen-bond acceptors (Lipinski definition) is 7. The van der Waals surface area contributed by atoms with Crippen LogP contribution in [-0.2, 0) is 19.1 Å². The first kappa shape index (κ1) is 25.1. The van der Waals surface area contributed by atoms with Gasteiger partial charge in [0.25, 0.3) is 0 Å². The summed E-state index contributed by atoms with van der Waals surface area (Å²) in [5, 5.41) is 4.61. The fraction of sp³-hybridized carbons (Fsp3) is 0.654. The summed E-state index contributed by atoms with van der Waals surface area (Å²) in [6.45, 7) is 8.40. The van der Waals surface area contributed by atoms with Crippen LogP contribution in [0, 0.1) is 11.8 Å². The van der Waals surface area contributed by atoms with Gasteiger partial charge >= 0.3 is 0 Å². The number of nitrogens with one attached hydrogen (secondary N) is 2. The fourth-order valence-corrected chi connectivity index (χ4v) is 5.85. The van der Waals surface area contributed by atoms with Crippen molar-refractivity contribution in [2.24, 2.45) is 11.8 Å². The molecule has 1 aromatic rings. The molecule has 2 N–H and O–H groups in total. The zero-order valence-corrected chi connectivity index (χ0v) is 21.1. The number of nitrogens with zero attached hydrogens (tertiary/aromatic N) is 4. The third kappa shape index (κ3) is 5.41. The Hall–Kier alpha value is -2.53. The van der Waals surface area contributed by atoms with E-state index in [0.29, 0.717) is 52.4 Å². The summed E-state index contributed by atoms with van der Waals surface area (Å²) in [7, 11) is 0. The van der Waals surface area contributed by atoms with Crippen LogP contribution >= 0.6 is 0 Å². The lowest BCUT2D eigenvalue weighted by Gasteiger charge is -2.42. The molecule has 4 heterocycles. The predicted octanol–water partition coefficient (Wildman–Crippen LogP) is -0.0863. The van der Waals surface area contributed by atoms with Gasteiger partial charge in [-0.15, -0.1) is 0 Å². The van der Waals surface area contributed by atoms with Crippen LogP contribution in [0.3, 0.4) is 0 Å². The number of fused-ring (bicyclic) bond motifs is 1. The Labute approximate surface area is 212 Å². The first-order valence-electron chi connectivity index (χ1n) is 13.3.